The Kier molecular flexibility index (Phi) is 9.57. The zero-order chi connectivity index (χ0) is 57.3. The number of para-hydroxylation sites is 6. The van der Waals surface area contributed by atoms with E-state index in [1.54, 1.807) is 0 Å². The fraction of sp³-hybridized carbons (Fsp3) is 0. The lowest BCUT2D eigenvalue weighted by Gasteiger charge is -2.14. The van der Waals surface area contributed by atoms with Gasteiger partial charge in [0.15, 0.2) is 5.82 Å². The molecule has 88 heavy (non-hydrogen) atoms. The molecule has 0 aliphatic heterocycles. The van der Waals surface area contributed by atoms with E-state index in [9.17, 15) is 0 Å². The SMILES string of the molecule is c1cc(-c2ccc3nc(-c4ccc(-n5c6ccccc6c6ccc7oc8ccccc8c7c65)cc4)nc(-c4ccc(-n5c6ccccc6c6ccc7oc8ccccc8c7c65)cc4)c3c2)cc(-n2c3ccccc3c3ccc4oc5ccccc5c4c32)c1. The molecule has 0 saturated carbocycles. The van der Waals surface area contributed by atoms with Gasteiger partial charge in [0.05, 0.1) is 60.5 Å². The molecule has 0 atom stereocenters. The molecule has 0 bridgehead atoms. The fourth-order valence-electron chi connectivity index (χ4n) is 14.6. The number of nitrogens with zero attached hydrogens (tertiary/aromatic N) is 5. The first-order valence-electron chi connectivity index (χ1n) is 29.8. The minimum absolute atomic E-state index is 0.638. The third-order valence-electron chi connectivity index (χ3n) is 18.4. The van der Waals surface area contributed by atoms with Crippen molar-refractivity contribution in [3.05, 3.63) is 273 Å². The third kappa shape index (κ3) is 6.62. The van der Waals surface area contributed by atoms with E-state index in [1.165, 1.54) is 32.3 Å². The number of furan rings is 3. The minimum atomic E-state index is 0.638. The molecule has 7 aromatic heterocycles. The first-order valence-corrected chi connectivity index (χ1v) is 29.8. The number of hydrogen-bond donors (Lipinski definition) is 0. The van der Waals surface area contributed by atoms with Crippen molar-refractivity contribution in [1.29, 1.82) is 0 Å². The number of rotatable bonds is 6. The van der Waals surface area contributed by atoms with Gasteiger partial charge in [0.1, 0.15) is 33.5 Å². The second-order valence-corrected chi connectivity index (χ2v) is 23.1. The molecule has 0 saturated heterocycles. The normalized spacial score (nSPS) is 12.3. The van der Waals surface area contributed by atoms with E-state index >= 15 is 0 Å². The lowest BCUT2D eigenvalue weighted by atomic mass is 9.99. The monoisotopic (exact) mass is 1120 g/mol. The van der Waals surface area contributed by atoms with Crippen LogP contribution in [0.15, 0.2) is 286 Å². The molecular weight excluding hydrogens is 1080 g/mol. The summed E-state index contributed by atoms with van der Waals surface area (Å²) in [5.74, 6) is 0.638. The summed E-state index contributed by atoms with van der Waals surface area (Å²) in [4.78, 5) is 11.0. The van der Waals surface area contributed by atoms with Gasteiger partial charge in [-0.1, -0.05) is 140 Å². The zero-order valence-electron chi connectivity index (χ0n) is 46.9. The lowest BCUT2D eigenvalue weighted by molar-refractivity contribution is 0.669. The molecule has 0 radical (unpaired) electrons. The predicted molar refractivity (Wildman–Crippen MR) is 361 cm³/mol. The van der Waals surface area contributed by atoms with Crippen LogP contribution in [-0.2, 0) is 0 Å². The van der Waals surface area contributed by atoms with Crippen LogP contribution in [0.3, 0.4) is 0 Å². The molecule has 20 rings (SSSR count). The molecule has 7 heterocycles. The second kappa shape index (κ2) is 17.8. The molecule has 8 nitrogen and oxygen atoms in total. The van der Waals surface area contributed by atoms with Gasteiger partial charge < -0.3 is 27.0 Å². The van der Waals surface area contributed by atoms with Crippen molar-refractivity contribution in [2.24, 2.45) is 0 Å². The van der Waals surface area contributed by atoms with Crippen LogP contribution in [0, 0.1) is 0 Å². The van der Waals surface area contributed by atoms with E-state index in [-0.39, 0.29) is 0 Å². The van der Waals surface area contributed by atoms with Gasteiger partial charge in [0.25, 0.3) is 0 Å². The predicted octanol–water partition coefficient (Wildman–Crippen LogP) is 21.6. The van der Waals surface area contributed by atoms with Crippen LogP contribution in [-0.4, -0.2) is 23.7 Å². The van der Waals surface area contributed by atoms with Crippen molar-refractivity contribution in [3.63, 3.8) is 0 Å². The zero-order valence-corrected chi connectivity index (χ0v) is 46.9. The van der Waals surface area contributed by atoms with E-state index in [4.69, 9.17) is 23.2 Å². The molecule has 0 spiro atoms. The largest absolute Gasteiger partial charge is 0.456 e. The maximum atomic E-state index is 6.49. The van der Waals surface area contributed by atoms with Gasteiger partial charge in [0, 0.05) is 82.1 Å². The fourth-order valence-corrected chi connectivity index (χ4v) is 14.6. The highest BCUT2D eigenvalue weighted by atomic mass is 16.3. The smallest absolute Gasteiger partial charge is 0.160 e. The van der Waals surface area contributed by atoms with Gasteiger partial charge in [-0.05, 0) is 145 Å². The standard InChI is InChI=1S/C80H45N5O3/c1-7-22-64-53(16-1)56-37-41-70-73(59-19-4-10-25-67(59)86-70)77(56)83(64)50-33-28-46(29-34-50)76-62-45-49(48-14-13-15-52(44-48)85-66-24-9-3-18-55(66)58-39-43-72-75(79(58)85)61-21-6-12-27-69(61)88-72)32-40-63(62)81-80(82-76)47-30-35-51(36-31-47)84-65-23-8-2-17-54(65)57-38-42-71-74(78(57)84)60-20-5-11-26-68(60)87-71/h1-45H. The van der Waals surface area contributed by atoms with Crippen molar-refractivity contribution in [3.8, 4) is 50.8 Å². The van der Waals surface area contributed by atoms with Gasteiger partial charge in [-0.15, -0.1) is 0 Å². The van der Waals surface area contributed by atoms with Gasteiger partial charge >= 0.3 is 0 Å². The van der Waals surface area contributed by atoms with Crippen LogP contribution in [0.1, 0.15) is 0 Å². The summed E-state index contributed by atoms with van der Waals surface area (Å²) in [5.41, 5.74) is 20.8. The average Bonchev–Trinajstić information content (AvgIpc) is 2.04. The summed E-state index contributed by atoms with van der Waals surface area (Å²) >= 11 is 0. The number of benzene rings is 13. The molecule has 0 N–H and O–H groups in total. The Labute approximate surface area is 500 Å². The Balaban J connectivity index is 0.769. The van der Waals surface area contributed by atoms with Crippen molar-refractivity contribution in [2.45, 2.75) is 0 Å². The van der Waals surface area contributed by atoms with Gasteiger partial charge in [0.2, 0.25) is 0 Å². The van der Waals surface area contributed by atoms with Crippen molar-refractivity contribution in [2.75, 3.05) is 0 Å². The second-order valence-electron chi connectivity index (χ2n) is 23.1. The van der Waals surface area contributed by atoms with Gasteiger partial charge in [-0.2, -0.15) is 0 Å². The van der Waals surface area contributed by atoms with Gasteiger partial charge in [-0.3, -0.25) is 0 Å². The summed E-state index contributed by atoms with van der Waals surface area (Å²) in [6.45, 7) is 0. The van der Waals surface area contributed by atoms with Crippen LogP contribution in [0.25, 0.3) is 193 Å². The Morgan fingerprint density at radius 3 is 1.11 bits per heavy atom. The Morgan fingerprint density at radius 2 is 0.636 bits per heavy atom. The van der Waals surface area contributed by atoms with Crippen molar-refractivity contribution in [1.82, 2.24) is 23.7 Å². The Bertz CT molecular complexity index is 6370. The first-order chi connectivity index (χ1) is 43.6. The molecule has 20 aromatic rings. The molecule has 0 aliphatic carbocycles. The molecular formula is C80H45N5O3. The maximum Gasteiger partial charge on any atom is 0.160 e. The minimum Gasteiger partial charge on any atom is -0.456 e. The molecule has 0 unspecified atom stereocenters. The number of aromatic nitrogens is 5. The lowest BCUT2D eigenvalue weighted by Crippen LogP contribution is -1.98. The quantitative estimate of drug-likeness (QED) is 0.166. The van der Waals surface area contributed by atoms with E-state index in [0.717, 1.165) is 155 Å². The third-order valence-corrected chi connectivity index (χ3v) is 18.4. The average molecular weight is 1120 g/mol. The summed E-state index contributed by atoms with van der Waals surface area (Å²) in [5, 5.41) is 14.6. The first kappa shape index (κ1) is 47.4. The van der Waals surface area contributed by atoms with E-state index in [0.29, 0.717) is 5.82 Å². The van der Waals surface area contributed by atoms with E-state index < -0.39 is 0 Å². The highest BCUT2D eigenvalue weighted by Gasteiger charge is 2.24. The highest BCUT2D eigenvalue weighted by molar-refractivity contribution is 6.27. The Hall–Kier alpha value is -12.0. The van der Waals surface area contributed by atoms with Crippen molar-refractivity contribution >= 4 is 142 Å². The topological polar surface area (TPSA) is 80.0 Å². The summed E-state index contributed by atoms with van der Waals surface area (Å²) in [6.07, 6.45) is 0. The summed E-state index contributed by atoms with van der Waals surface area (Å²) in [6, 6.07) is 97.1. The van der Waals surface area contributed by atoms with E-state index in [1.807, 2.05) is 24.3 Å². The number of hydrogen-bond acceptors (Lipinski definition) is 5. The van der Waals surface area contributed by atoms with Crippen LogP contribution in [0.4, 0.5) is 0 Å². The highest BCUT2D eigenvalue weighted by Crippen LogP contribution is 2.46. The summed E-state index contributed by atoms with van der Waals surface area (Å²) in [7, 11) is 0. The molecule has 8 heteroatoms. The van der Waals surface area contributed by atoms with Gasteiger partial charge in [-0.25, -0.2) is 9.97 Å². The molecule has 13 aromatic carbocycles. The number of fused-ring (bicyclic) bond motifs is 22. The molecule has 0 amide bonds. The van der Waals surface area contributed by atoms with Crippen molar-refractivity contribution < 1.29 is 13.3 Å². The Morgan fingerprint density at radius 1 is 0.239 bits per heavy atom. The van der Waals surface area contributed by atoms with Crippen LogP contribution in [0.5, 0.6) is 0 Å². The van der Waals surface area contributed by atoms with Crippen LogP contribution < -0.4 is 0 Å². The molecule has 0 fully saturated rings. The maximum absolute atomic E-state index is 6.49. The molecule has 408 valence electrons. The van der Waals surface area contributed by atoms with Crippen LogP contribution in [0.2, 0.25) is 0 Å². The van der Waals surface area contributed by atoms with E-state index in [2.05, 4.69) is 262 Å². The van der Waals surface area contributed by atoms with Crippen LogP contribution >= 0.6 is 0 Å². The summed E-state index contributed by atoms with van der Waals surface area (Å²) < 4.78 is 26.6. The molecule has 0 aliphatic rings.